The molecule has 2 aliphatic carbocycles. The van der Waals surface area contributed by atoms with E-state index in [4.69, 9.17) is 5.11 Å². The zero-order valence-electron chi connectivity index (χ0n) is 32.8. The Morgan fingerprint density at radius 2 is 1.03 bits per heavy atom. The number of fused-ring (bicyclic) bond motifs is 2. The van der Waals surface area contributed by atoms with E-state index in [0.29, 0.717) is 37.1 Å². The molecule has 4 aromatic carbocycles. The van der Waals surface area contributed by atoms with Crippen LogP contribution in [0.3, 0.4) is 0 Å². The number of benzene rings is 4. The number of H-pyrrole nitrogens is 2. The fourth-order valence-corrected chi connectivity index (χ4v) is 10.2. The molecule has 1 fully saturated rings. The van der Waals surface area contributed by atoms with Crippen LogP contribution in [-0.2, 0) is 32.3 Å². The van der Waals surface area contributed by atoms with Crippen LogP contribution in [0.5, 0.6) is 0 Å². The van der Waals surface area contributed by atoms with E-state index in [1.54, 1.807) is 0 Å². The SMILES string of the molecule is C.CO.O=C1CC(=O)C(c2cn3c4c(cccc24)C(O)CC3)=C1c1c[nH]c2ccccc12.O=C1CC(=O)[C@@H](c2cn3c4c(cccc24)C(O)CC3)[C@@H]1c1c[nH]c2ccccc12. The number of hydrogen-bond donors (Lipinski definition) is 5. The first-order valence-corrected chi connectivity index (χ1v) is 20.3. The first kappa shape index (κ1) is 39.8. The number of aliphatic hydroxyl groups excluding tert-OH is 3. The summed E-state index contributed by atoms with van der Waals surface area (Å²) in [6, 6.07) is 27.4. The number of para-hydroxylation sites is 4. The minimum absolute atomic E-state index is 0. The molecule has 5 N–H and O–H groups in total. The second kappa shape index (κ2) is 15.4. The third-order valence-corrected chi connectivity index (χ3v) is 12.8. The molecule has 0 amide bonds. The molecular formula is C50H46N4O7. The number of carbonyl (C=O) groups is 4. The Kier molecular flexibility index (Phi) is 10.1. The number of aryl methyl sites for hydroxylation is 2. The van der Waals surface area contributed by atoms with Crippen molar-refractivity contribution in [1.29, 1.82) is 0 Å². The molecule has 308 valence electrons. The Bertz CT molecular complexity index is 3120. The normalized spacial score (nSPS) is 20.7. The molecule has 12 rings (SSSR count). The number of allylic oxidation sites excluding steroid dienone is 2. The average Bonchev–Trinajstić information content (AvgIpc) is 4.12. The molecule has 6 heterocycles. The van der Waals surface area contributed by atoms with Crippen molar-refractivity contribution in [2.45, 2.75) is 70.2 Å². The summed E-state index contributed by atoms with van der Waals surface area (Å²) < 4.78 is 4.23. The molecular weight excluding hydrogens is 769 g/mol. The number of nitrogens with zero attached hydrogens (tertiary/aromatic N) is 2. The lowest BCUT2D eigenvalue weighted by Gasteiger charge is -2.20. The van der Waals surface area contributed by atoms with Crippen molar-refractivity contribution in [3.63, 3.8) is 0 Å². The number of aromatic amines is 2. The number of carbonyl (C=O) groups excluding carboxylic acids is 4. The minimum Gasteiger partial charge on any atom is -0.400 e. The summed E-state index contributed by atoms with van der Waals surface area (Å²) >= 11 is 0. The molecule has 11 heteroatoms. The van der Waals surface area contributed by atoms with Gasteiger partial charge in [-0.2, -0.15) is 0 Å². The summed E-state index contributed by atoms with van der Waals surface area (Å²) in [4.78, 5) is 58.4. The Labute approximate surface area is 350 Å². The summed E-state index contributed by atoms with van der Waals surface area (Å²) in [5, 5.41) is 31.7. The minimum atomic E-state index is -0.503. The summed E-state index contributed by atoms with van der Waals surface area (Å²) in [5.41, 5.74) is 10.00. The molecule has 4 aliphatic rings. The van der Waals surface area contributed by atoms with E-state index >= 15 is 0 Å². The van der Waals surface area contributed by atoms with Crippen molar-refractivity contribution in [1.82, 2.24) is 19.1 Å². The first-order valence-electron chi connectivity index (χ1n) is 20.3. The standard InChI is InChI=1S/C24H20N2O3.C24H18N2O3.CH4O.CH4/c2*27-19-8-9-26-12-17(14-5-3-6-15(19)24(14)26)23-21(29)10-20(28)22(23)16-11-25-18-7-2-1-4-13(16)18;1-2;/h1-7,11-12,19,22-23,25,27H,8-10H2;1-7,11-12,19,25,27H,8-10H2;2H,1H3;1H4/t19?,22-,23-;;;/m1.../s1. The number of aliphatic hydroxyl groups is 3. The van der Waals surface area contributed by atoms with Gasteiger partial charge in [0.1, 0.15) is 11.6 Å². The van der Waals surface area contributed by atoms with Gasteiger partial charge in [0.2, 0.25) is 0 Å². The topological polar surface area (TPSA) is 170 Å². The van der Waals surface area contributed by atoms with Crippen LogP contribution < -0.4 is 0 Å². The highest BCUT2D eigenvalue weighted by Crippen LogP contribution is 2.48. The molecule has 4 aromatic heterocycles. The van der Waals surface area contributed by atoms with Crippen molar-refractivity contribution in [2.24, 2.45) is 0 Å². The molecule has 61 heavy (non-hydrogen) atoms. The Morgan fingerprint density at radius 3 is 1.70 bits per heavy atom. The largest absolute Gasteiger partial charge is 0.400 e. The summed E-state index contributed by atoms with van der Waals surface area (Å²) in [6.45, 7) is 1.40. The van der Waals surface area contributed by atoms with Crippen LogP contribution in [0.15, 0.2) is 110 Å². The van der Waals surface area contributed by atoms with Crippen LogP contribution in [0.25, 0.3) is 54.8 Å². The lowest BCUT2D eigenvalue weighted by Crippen LogP contribution is -2.14. The monoisotopic (exact) mass is 814 g/mol. The van der Waals surface area contributed by atoms with Gasteiger partial charge >= 0.3 is 0 Å². The second-order valence-electron chi connectivity index (χ2n) is 16.0. The number of hydrogen-bond acceptors (Lipinski definition) is 7. The van der Waals surface area contributed by atoms with E-state index in [1.165, 1.54) is 0 Å². The molecule has 4 atom stereocenters. The van der Waals surface area contributed by atoms with Gasteiger partial charge in [0.25, 0.3) is 0 Å². The number of nitrogens with one attached hydrogen (secondary N) is 2. The molecule has 8 aromatic rings. The lowest BCUT2D eigenvalue weighted by atomic mass is 9.82. The smallest absolute Gasteiger partial charge is 0.172 e. The van der Waals surface area contributed by atoms with Crippen molar-refractivity contribution < 1.29 is 34.5 Å². The first-order chi connectivity index (χ1) is 29.3. The quantitative estimate of drug-likeness (QED) is 0.112. The van der Waals surface area contributed by atoms with Crippen LogP contribution in [0.2, 0.25) is 0 Å². The summed E-state index contributed by atoms with van der Waals surface area (Å²) in [7, 11) is 1.00. The van der Waals surface area contributed by atoms with E-state index in [9.17, 15) is 29.4 Å². The summed E-state index contributed by atoms with van der Waals surface area (Å²) in [5.74, 6) is -1.28. The second-order valence-corrected chi connectivity index (χ2v) is 16.0. The average molecular weight is 815 g/mol. The van der Waals surface area contributed by atoms with Crippen molar-refractivity contribution in [3.8, 4) is 0 Å². The molecule has 0 spiro atoms. The van der Waals surface area contributed by atoms with Gasteiger partial charge in [0, 0.05) is 111 Å². The Morgan fingerprint density at radius 1 is 0.525 bits per heavy atom. The molecule has 0 saturated heterocycles. The predicted molar refractivity (Wildman–Crippen MR) is 236 cm³/mol. The van der Waals surface area contributed by atoms with Gasteiger partial charge in [0.05, 0.1) is 47.9 Å². The van der Waals surface area contributed by atoms with Gasteiger partial charge in [-0.15, -0.1) is 0 Å². The maximum Gasteiger partial charge on any atom is 0.172 e. The van der Waals surface area contributed by atoms with Gasteiger partial charge in [-0.25, -0.2) is 0 Å². The zero-order valence-corrected chi connectivity index (χ0v) is 32.8. The molecule has 2 unspecified atom stereocenters. The van der Waals surface area contributed by atoms with Crippen LogP contribution in [0.4, 0.5) is 0 Å². The third kappa shape index (κ3) is 6.14. The maximum absolute atomic E-state index is 13.0. The highest BCUT2D eigenvalue weighted by atomic mass is 16.3. The van der Waals surface area contributed by atoms with Gasteiger partial charge in [0.15, 0.2) is 11.6 Å². The highest BCUT2D eigenvalue weighted by Gasteiger charge is 2.46. The zero-order chi connectivity index (χ0) is 41.4. The van der Waals surface area contributed by atoms with Crippen molar-refractivity contribution in [3.05, 3.63) is 143 Å². The van der Waals surface area contributed by atoms with Gasteiger partial charge in [-0.05, 0) is 36.1 Å². The number of Topliss-reactive ketones (excluding diaryl/α,β-unsaturated/α-hetero) is 4. The van der Waals surface area contributed by atoms with E-state index in [1.807, 2.05) is 110 Å². The number of aromatic nitrogens is 4. The van der Waals surface area contributed by atoms with Gasteiger partial charge < -0.3 is 34.4 Å². The Balaban J connectivity index is 0.000000148. The van der Waals surface area contributed by atoms with Crippen LogP contribution in [-0.4, -0.2) is 64.7 Å². The van der Waals surface area contributed by atoms with E-state index < -0.39 is 24.0 Å². The number of ketones is 4. The van der Waals surface area contributed by atoms with Crippen LogP contribution in [0, 0.1) is 0 Å². The Hall–Kier alpha value is -6.66. The fourth-order valence-electron chi connectivity index (χ4n) is 10.2. The van der Waals surface area contributed by atoms with Crippen LogP contribution >= 0.6 is 0 Å². The highest BCUT2D eigenvalue weighted by molar-refractivity contribution is 6.52. The molecule has 0 radical (unpaired) electrons. The maximum atomic E-state index is 13.0. The van der Waals surface area contributed by atoms with Crippen molar-refractivity contribution >= 4 is 77.9 Å². The lowest BCUT2D eigenvalue weighted by molar-refractivity contribution is -0.123. The van der Waals surface area contributed by atoms with Crippen molar-refractivity contribution in [2.75, 3.05) is 7.11 Å². The molecule has 0 bridgehead atoms. The molecule has 2 aliphatic heterocycles. The summed E-state index contributed by atoms with van der Waals surface area (Å²) in [6.07, 6.45) is 7.89. The van der Waals surface area contributed by atoms with Crippen LogP contribution in [0.1, 0.15) is 90.5 Å². The molecule has 1 saturated carbocycles. The molecule has 11 nitrogen and oxygen atoms in total. The van der Waals surface area contributed by atoms with E-state index in [0.717, 1.165) is 84.1 Å². The van der Waals surface area contributed by atoms with E-state index in [-0.39, 0.29) is 43.4 Å². The predicted octanol–water partition coefficient (Wildman–Crippen LogP) is 8.23. The van der Waals surface area contributed by atoms with Gasteiger partial charge in [-0.3, -0.25) is 19.2 Å². The number of rotatable bonds is 4. The fraction of sp³-hybridized carbons (Fsp3) is 0.240. The van der Waals surface area contributed by atoms with Gasteiger partial charge in [-0.1, -0.05) is 80.2 Å². The third-order valence-electron chi connectivity index (χ3n) is 12.8. The van der Waals surface area contributed by atoms with E-state index in [2.05, 4.69) is 19.1 Å².